The van der Waals surface area contributed by atoms with Gasteiger partial charge in [-0.2, -0.15) is 0 Å². The van der Waals surface area contributed by atoms with Crippen molar-refractivity contribution in [2.45, 2.75) is 0 Å². The number of amidine groups is 1. The predicted octanol–water partition coefficient (Wildman–Crippen LogP) is 2.85. The van der Waals surface area contributed by atoms with Crippen molar-refractivity contribution in [2.75, 3.05) is 13.7 Å². The van der Waals surface area contributed by atoms with E-state index in [1.807, 2.05) is 24.3 Å². The second-order valence-electron chi connectivity index (χ2n) is 5.87. The monoisotopic (exact) mass is 393 g/mol. The lowest BCUT2D eigenvalue weighted by Crippen LogP contribution is -2.23. The van der Waals surface area contributed by atoms with Gasteiger partial charge in [-0.05, 0) is 53.2 Å². The molecule has 0 N–H and O–H groups in total. The molecule has 2 aromatic rings. The maximum absolute atomic E-state index is 12.5. The number of nitrogens with zero attached hydrogens (tertiary/aromatic N) is 2. The van der Waals surface area contributed by atoms with Crippen LogP contribution >= 0.6 is 11.8 Å². The summed E-state index contributed by atoms with van der Waals surface area (Å²) in [6.45, 7) is 4.04. The van der Waals surface area contributed by atoms with Gasteiger partial charge in [0.1, 0.15) is 12.4 Å². The minimum absolute atomic E-state index is 0.0774. The van der Waals surface area contributed by atoms with Crippen LogP contribution in [0.4, 0.5) is 5.69 Å². The molecule has 0 bridgehead atoms. The van der Waals surface area contributed by atoms with Gasteiger partial charge in [-0.3, -0.25) is 9.69 Å². The highest BCUT2D eigenvalue weighted by atomic mass is 32.2. The Kier molecular flexibility index (Phi) is 5.96. The normalized spacial score (nSPS) is 16.6. The summed E-state index contributed by atoms with van der Waals surface area (Å²) in [6, 6.07) is 13.4. The summed E-state index contributed by atoms with van der Waals surface area (Å²) >= 11 is 1.26. The third kappa shape index (κ3) is 4.50. The van der Waals surface area contributed by atoms with E-state index in [1.54, 1.807) is 31.3 Å². The second kappa shape index (κ2) is 8.58. The molecule has 142 valence electrons. The highest BCUT2D eigenvalue weighted by molar-refractivity contribution is 8.18. The number of hydrogen-bond acceptors (Lipinski definition) is 6. The zero-order chi connectivity index (χ0) is 20.1. The maximum Gasteiger partial charge on any atom is 0.266 e. The number of carboxylic acids is 1. The minimum Gasteiger partial charge on any atom is -0.545 e. The zero-order valence-electron chi connectivity index (χ0n) is 15.1. The third-order valence-electron chi connectivity index (χ3n) is 3.88. The number of hydrogen-bond donors (Lipinski definition) is 0. The van der Waals surface area contributed by atoms with Gasteiger partial charge >= 0.3 is 0 Å². The van der Waals surface area contributed by atoms with Gasteiger partial charge in [0.15, 0.2) is 5.17 Å². The average Bonchev–Trinajstić information content (AvgIpc) is 2.95. The summed E-state index contributed by atoms with van der Waals surface area (Å²) in [7, 11) is 1.65. The van der Waals surface area contributed by atoms with Crippen LogP contribution in [-0.4, -0.2) is 35.6 Å². The first-order valence-corrected chi connectivity index (χ1v) is 9.21. The SMILES string of the molecule is C=CCOc1ccc(/C=C2\SC(=Nc3ccc(C(=O)[O-])cc3)N(C)C2=O)cc1. The van der Waals surface area contributed by atoms with Crippen LogP contribution in [0.25, 0.3) is 6.08 Å². The van der Waals surface area contributed by atoms with Crippen molar-refractivity contribution in [3.63, 3.8) is 0 Å². The molecule has 28 heavy (non-hydrogen) atoms. The second-order valence-corrected chi connectivity index (χ2v) is 6.88. The molecular weight excluding hydrogens is 376 g/mol. The Balaban J connectivity index is 1.77. The number of carbonyl (C=O) groups is 2. The van der Waals surface area contributed by atoms with Gasteiger partial charge in [0.05, 0.1) is 16.6 Å². The van der Waals surface area contributed by atoms with Crippen LogP contribution in [0.15, 0.2) is 71.1 Å². The highest BCUT2D eigenvalue weighted by Crippen LogP contribution is 2.33. The molecule has 0 aromatic heterocycles. The van der Waals surface area contributed by atoms with E-state index in [1.165, 1.54) is 28.8 Å². The van der Waals surface area contributed by atoms with Crippen LogP contribution in [-0.2, 0) is 4.79 Å². The standard InChI is InChI=1S/C21H18N2O4S/c1-3-12-27-17-10-4-14(5-11-17)13-18-19(24)23(2)21(28-18)22-16-8-6-15(7-9-16)20(25)26/h3-11,13H,1,12H2,2H3,(H,25,26)/p-1/b18-13-,22-21?. The number of aromatic carboxylic acids is 1. The molecule has 1 aliphatic heterocycles. The predicted molar refractivity (Wildman–Crippen MR) is 108 cm³/mol. The molecule has 2 aromatic carbocycles. The molecule has 0 unspecified atom stereocenters. The van der Waals surface area contributed by atoms with E-state index in [0.717, 1.165) is 11.3 Å². The minimum atomic E-state index is -1.24. The van der Waals surface area contributed by atoms with Crippen LogP contribution in [0, 0.1) is 0 Å². The number of carboxylic acid groups (broad SMARTS) is 1. The Morgan fingerprint density at radius 1 is 1.21 bits per heavy atom. The van der Waals surface area contributed by atoms with Crippen molar-refractivity contribution < 1.29 is 19.4 Å². The molecule has 3 rings (SSSR count). The first-order chi connectivity index (χ1) is 13.5. The Bertz CT molecular complexity index is 963. The molecule has 6 nitrogen and oxygen atoms in total. The number of benzene rings is 2. The van der Waals surface area contributed by atoms with Crippen molar-refractivity contribution in [3.8, 4) is 5.75 Å². The number of rotatable bonds is 6. The van der Waals surface area contributed by atoms with Crippen molar-refractivity contribution in [1.82, 2.24) is 4.90 Å². The molecule has 0 radical (unpaired) electrons. The van der Waals surface area contributed by atoms with Crippen LogP contribution in [0.3, 0.4) is 0 Å². The molecule has 1 saturated heterocycles. The maximum atomic E-state index is 12.5. The molecule has 0 atom stereocenters. The Labute approximate surface area is 166 Å². The van der Waals surface area contributed by atoms with Crippen molar-refractivity contribution >= 4 is 40.6 Å². The fourth-order valence-electron chi connectivity index (χ4n) is 2.40. The van der Waals surface area contributed by atoms with Crippen molar-refractivity contribution in [1.29, 1.82) is 0 Å². The molecule has 0 saturated carbocycles. The van der Waals surface area contributed by atoms with Gasteiger partial charge in [0, 0.05) is 7.05 Å². The molecule has 7 heteroatoms. The fourth-order valence-corrected chi connectivity index (χ4v) is 3.39. The zero-order valence-corrected chi connectivity index (χ0v) is 15.9. The number of ether oxygens (including phenoxy) is 1. The summed E-state index contributed by atoms with van der Waals surface area (Å²) in [4.78, 5) is 29.8. The van der Waals surface area contributed by atoms with Gasteiger partial charge in [-0.1, -0.05) is 36.9 Å². The van der Waals surface area contributed by atoms with Crippen molar-refractivity contribution in [2.24, 2.45) is 4.99 Å². The van der Waals surface area contributed by atoms with E-state index in [9.17, 15) is 14.7 Å². The Hall–Kier alpha value is -3.32. The van der Waals surface area contributed by atoms with Crippen molar-refractivity contribution in [3.05, 3.63) is 77.2 Å². The van der Waals surface area contributed by atoms with Gasteiger partial charge in [-0.15, -0.1) is 0 Å². The summed E-state index contributed by atoms with van der Waals surface area (Å²) in [5, 5.41) is 11.3. The lowest BCUT2D eigenvalue weighted by Gasteiger charge is -2.07. The highest BCUT2D eigenvalue weighted by Gasteiger charge is 2.30. The summed E-state index contributed by atoms with van der Waals surface area (Å²) in [5.74, 6) is -0.665. The van der Waals surface area contributed by atoms with E-state index < -0.39 is 5.97 Å². The molecule has 0 spiro atoms. The summed E-state index contributed by atoms with van der Waals surface area (Å²) in [6.07, 6.45) is 3.47. The Morgan fingerprint density at radius 3 is 2.50 bits per heavy atom. The molecular formula is C21H17N2O4S-. The Morgan fingerprint density at radius 2 is 1.89 bits per heavy atom. The van der Waals surface area contributed by atoms with E-state index >= 15 is 0 Å². The molecule has 1 fully saturated rings. The van der Waals surface area contributed by atoms with Gasteiger partial charge < -0.3 is 14.6 Å². The number of carbonyl (C=O) groups excluding carboxylic acids is 2. The number of amides is 1. The van der Waals surface area contributed by atoms with Gasteiger partial charge in [0.2, 0.25) is 0 Å². The fraction of sp³-hybridized carbons (Fsp3) is 0.0952. The third-order valence-corrected chi connectivity index (χ3v) is 4.94. The number of aliphatic imine (C=N–C) groups is 1. The van der Waals surface area contributed by atoms with E-state index in [-0.39, 0.29) is 11.5 Å². The smallest absolute Gasteiger partial charge is 0.266 e. The van der Waals surface area contributed by atoms with E-state index in [0.29, 0.717) is 22.4 Å². The number of likely N-dealkylation sites (N-methyl/N-ethyl adjacent to an activating group) is 1. The van der Waals surface area contributed by atoms with Crippen LogP contribution in [0.2, 0.25) is 0 Å². The van der Waals surface area contributed by atoms with Gasteiger partial charge in [-0.25, -0.2) is 4.99 Å². The molecule has 1 amide bonds. The lowest BCUT2D eigenvalue weighted by atomic mass is 10.2. The van der Waals surface area contributed by atoms with Crippen LogP contribution in [0.1, 0.15) is 15.9 Å². The van der Waals surface area contributed by atoms with E-state index in [2.05, 4.69) is 11.6 Å². The van der Waals surface area contributed by atoms with Gasteiger partial charge in [0.25, 0.3) is 5.91 Å². The average molecular weight is 393 g/mol. The number of thioether (sulfide) groups is 1. The van der Waals surface area contributed by atoms with Crippen LogP contribution < -0.4 is 9.84 Å². The first kappa shape index (κ1) is 19.4. The quantitative estimate of drug-likeness (QED) is 0.557. The molecule has 1 heterocycles. The largest absolute Gasteiger partial charge is 0.545 e. The van der Waals surface area contributed by atoms with Crippen LogP contribution in [0.5, 0.6) is 5.75 Å². The molecule has 0 aliphatic carbocycles. The molecule has 1 aliphatic rings. The first-order valence-electron chi connectivity index (χ1n) is 8.39. The van der Waals surface area contributed by atoms with E-state index in [4.69, 9.17) is 4.74 Å². The summed E-state index contributed by atoms with van der Waals surface area (Å²) in [5.41, 5.74) is 1.50. The lowest BCUT2D eigenvalue weighted by molar-refractivity contribution is -0.255. The topological polar surface area (TPSA) is 82.0 Å². The summed E-state index contributed by atoms with van der Waals surface area (Å²) < 4.78 is 5.45.